The van der Waals surface area contributed by atoms with Gasteiger partial charge in [-0.2, -0.15) is 0 Å². The molecule has 191 valence electrons. The second-order valence-corrected chi connectivity index (χ2v) is 8.76. The summed E-state index contributed by atoms with van der Waals surface area (Å²) in [6.07, 6.45) is 0.206. The molecule has 0 unspecified atom stereocenters. The minimum atomic E-state index is 0.206. The summed E-state index contributed by atoms with van der Waals surface area (Å²) in [5.41, 5.74) is 3.67. The van der Waals surface area contributed by atoms with Crippen LogP contribution in [0.25, 0.3) is 0 Å². The molecule has 0 amide bonds. The van der Waals surface area contributed by atoms with Crippen molar-refractivity contribution in [3.8, 4) is 23.0 Å². The third-order valence-corrected chi connectivity index (χ3v) is 6.74. The number of rotatable bonds is 8. The number of hydrogen-bond acceptors (Lipinski definition) is 5. The van der Waals surface area contributed by atoms with E-state index in [9.17, 15) is 5.11 Å². The second kappa shape index (κ2) is 11.2. The summed E-state index contributed by atoms with van der Waals surface area (Å²) < 4.78 is 21.6. The topological polar surface area (TPSA) is 57.2 Å². The highest BCUT2D eigenvalue weighted by molar-refractivity contribution is 5.80. The molecule has 4 aromatic rings. The number of ether oxygens (including phenoxy) is 4. The largest absolute Gasteiger partial charge is 0.497 e. The number of hydrogen-bond donors (Lipinski definition) is 1. The van der Waals surface area contributed by atoms with Crippen LogP contribution in [0.5, 0.6) is 23.0 Å². The third kappa shape index (κ3) is 4.82. The van der Waals surface area contributed by atoms with Gasteiger partial charge in [-0.1, -0.05) is 48.5 Å². The van der Waals surface area contributed by atoms with Gasteiger partial charge in [-0.25, -0.2) is 0 Å². The minimum Gasteiger partial charge on any atom is -0.497 e. The van der Waals surface area contributed by atoms with E-state index in [4.69, 9.17) is 18.9 Å². The van der Waals surface area contributed by atoms with Crippen LogP contribution in [0.3, 0.4) is 0 Å². The van der Waals surface area contributed by atoms with Gasteiger partial charge in [0, 0.05) is 11.8 Å². The van der Waals surface area contributed by atoms with Crippen molar-refractivity contribution < 1.29 is 24.1 Å². The summed E-state index contributed by atoms with van der Waals surface area (Å²) >= 11 is 0. The fraction of sp³-hybridized carbons (Fsp3) is 0.121. The van der Waals surface area contributed by atoms with E-state index in [1.807, 2.05) is 97.1 Å². The number of benzene rings is 4. The first-order valence-electron chi connectivity index (χ1n) is 12.2. The van der Waals surface area contributed by atoms with Crippen molar-refractivity contribution in [2.24, 2.45) is 0 Å². The highest BCUT2D eigenvalue weighted by Gasteiger charge is 2.54. The van der Waals surface area contributed by atoms with E-state index >= 15 is 0 Å². The summed E-state index contributed by atoms with van der Waals surface area (Å²) in [4.78, 5) is 0. The van der Waals surface area contributed by atoms with E-state index in [0.29, 0.717) is 0 Å². The molecular formula is C33H29O5. The van der Waals surface area contributed by atoms with E-state index in [0.717, 1.165) is 68.9 Å². The summed E-state index contributed by atoms with van der Waals surface area (Å²) in [7, 11) is 6.58. The molecule has 0 heterocycles. The van der Waals surface area contributed by atoms with Crippen molar-refractivity contribution in [2.45, 2.75) is 0 Å². The summed E-state index contributed by atoms with van der Waals surface area (Å²) in [6, 6.07) is 31.3. The molecule has 0 spiro atoms. The predicted molar refractivity (Wildman–Crippen MR) is 147 cm³/mol. The van der Waals surface area contributed by atoms with Crippen LogP contribution in [0, 0.1) is 29.8 Å². The highest BCUT2D eigenvalue weighted by atomic mass is 16.5. The van der Waals surface area contributed by atoms with Gasteiger partial charge in [0.05, 0.1) is 40.3 Å². The van der Waals surface area contributed by atoms with Crippen molar-refractivity contribution in [2.75, 3.05) is 28.4 Å². The first-order valence-corrected chi connectivity index (χ1v) is 12.2. The Morgan fingerprint density at radius 3 is 0.763 bits per heavy atom. The summed E-state index contributed by atoms with van der Waals surface area (Å²) in [6.45, 7) is 0. The monoisotopic (exact) mass is 505 g/mol. The Hall–Kier alpha value is -3.96. The van der Waals surface area contributed by atoms with Gasteiger partial charge in [-0.05, 0) is 70.8 Å². The highest BCUT2D eigenvalue weighted by Crippen LogP contribution is 2.61. The quantitative estimate of drug-likeness (QED) is 0.299. The molecule has 0 bridgehead atoms. The zero-order valence-corrected chi connectivity index (χ0v) is 21.8. The van der Waals surface area contributed by atoms with Crippen molar-refractivity contribution in [1.82, 2.24) is 0 Å². The van der Waals surface area contributed by atoms with Crippen LogP contribution in [-0.2, 0) is 0 Å². The zero-order valence-electron chi connectivity index (χ0n) is 21.8. The summed E-state index contributed by atoms with van der Waals surface area (Å²) in [5, 5.41) is 12.0. The van der Waals surface area contributed by atoms with Gasteiger partial charge >= 0.3 is 0 Å². The molecule has 0 aromatic heterocycles. The lowest BCUT2D eigenvalue weighted by Gasteiger charge is -2.26. The molecule has 5 rings (SSSR count). The fourth-order valence-electron chi connectivity index (χ4n) is 4.78. The molecule has 4 aromatic carbocycles. The zero-order chi connectivity index (χ0) is 26.6. The lowest BCUT2D eigenvalue weighted by Crippen LogP contribution is -2.16. The average molecular weight is 506 g/mol. The molecule has 5 nitrogen and oxygen atoms in total. The van der Waals surface area contributed by atoms with E-state index in [2.05, 4.69) is 0 Å². The lowest BCUT2D eigenvalue weighted by atomic mass is 9.75. The summed E-state index contributed by atoms with van der Waals surface area (Å²) in [5.74, 6) is 6.35. The van der Waals surface area contributed by atoms with Gasteiger partial charge in [-0.15, -0.1) is 0 Å². The van der Waals surface area contributed by atoms with Gasteiger partial charge in [-0.3, -0.25) is 0 Å². The number of aliphatic hydroxyl groups excluding tert-OH is 1. The standard InChI is InChI=1S/C33H29O5/c1-35-25-13-5-21(6-14-25)29-30(22-7-15-26(36-2)16-8-22)32(24-11-19-28(38-4)20-12-24)33(34)31(29)23-9-17-27(37-3)18-10-23/h5-20,34H,1-4H3. The van der Waals surface area contributed by atoms with Crippen molar-refractivity contribution in [1.29, 1.82) is 0 Å². The Bertz CT molecular complexity index is 1210. The SMILES string of the molecule is COc1ccc([C]2[C](O)[C](c3ccc(OC)cc3)[C](c3ccc(OC)cc3)[C]2c2ccc(OC)cc2)cc1. The van der Waals surface area contributed by atoms with Crippen LogP contribution < -0.4 is 18.9 Å². The maximum absolute atomic E-state index is 12.0. The predicted octanol–water partition coefficient (Wildman–Crippen LogP) is 6.43. The first-order chi connectivity index (χ1) is 18.6. The van der Waals surface area contributed by atoms with Gasteiger partial charge in [0.25, 0.3) is 0 Å². The van der Waals surface area contributed by atoms with Gasteiger partial charge in [0.1, 0.15) is 29.1 Å². The molecule has 0 atom stereocenters. The molecule has 5 heteroatoms. The smallest absolute Gasteiger partial charge is 0.118 e. The number of aliphatic hydroxyl groups is 1. The first kappa shape index (κ1) is 25.7. The van der Waals surface area contributed by atoms with Crippen molar-refractivity contribution in [3.05, 3.63) is 149 Å². The molecule has 1 aliphatic rings. The molecule has 0 saturated heterocycles. The Balaban J connectivity index is 1.70. The Labute approximate surface area is 224 Å². The van der Waals surface area contributed by atoms with Crippen LogP contribution in [0.2, 0.25) is 0 Å². The van der Waals surface area contributed by atoms with E-state index < -0.39 is 0 Å². The third-order valence-electron chi connectivity index (χ3n) is 6.74. The van der Waals surface area contributed by atoms with Gasteiger partial charge < -0.3 is 24.1 Å². The van der Waals surface area contributed by atoms with Crippen LogP contribution in [0.15, 0.2) is 97.1 Å². The molecule has 1 fully saturated rings. The fourth-order valence-corrected chi connectivity index (χ4v) is 4.78. The molecule has 5 radical (unpaired) electrons. The van der Waals surface area contributed by atoms with E-state index in [1.165, 1.54) is 0 Å². The average Bonchev–Trinajstić information content (AvgIpc) is 3.29. The Morgan fingerprint density at radius 1 is 0.342 bits per heavy atom. The molecule has 38 heavy (non-hydrogen) atoms. The van der Waals surface area contributed by atoms with Crippen molar-refractivity contribution in [3.63, 3.8) is 0 Å². The van der Waals surface area contributed by atoms with Crippen molar-refractivity contribution >= 4 is 0 Å². The van der Waals surface area contributed by atoms with Crippen LogP contribution in [0.4, 0.5) is 0 Å². The lowest BCUT2D eigenvalue weighted by molar-refractivity contribution is 0.331. The van der Waals surface area contributed by atoms with Crippen LogP contribution >= 0.6 is 0 Å². The Kier molecular flexibility index (Phi) is 7.57. The molecular weight excluding hydrogens is 476 g/mol. The Morgan fingerprint density at radius 2 is 0.553 bits per heavy atom. The molecule has 1 aliphatic carbocycles. The van der Waals surface area contributed by atoms with Gasteiger partial charge in [0.2, 0.25) is 0 Å². The van der Waals surface area contributed by atoms with E-state index in [1.54, 1.807) is 28.4 Å². The molecule has 0 aliphatic heterocycles. The molecule has 1 saturated carbocycles. The maximum Gasteiger partial charge on any atom is 0.118 e. The second-order valence-electron chi connectivity index (χ2n) is 8.76. The minimum absolute atomic E-state index is 0.206. The van der Waals surface area contributed by atoms with Crippen LogP contribution in [-0.4, -0.2) is 33.5 Å². The normalized spacial score (nSPS) is 15.5. The van der Waals surface area contributed by atoms with Crippen LogP contribution in [0.1, 0.15) is 22.3 Å². The van der Waals surface area contributed by atoms with E-state index in [-0.39, 0.29) is 6.10 Å². The number of methoxy groups -OCH3 is 4. The van der Waals surface area contributed by atoms with Gasteiger partial charge in [0.15, 0.2) is 0 Å². The maximum atomic E-state index is 12.0. The molecule has 1 N–H and O–H groups in total.